The fourth-order valence-electron chi connectivity index (χ4n) is 1.61. The molecule has 1 aromatic carbocycles. The average molecular weight is 296 g/mol. The first-order valence-corrected chi connectivity index (χ1v) is 6.82. The molecule has 0 radical (unpaired) electrons. The molecule has 1 atom stereocenters. The van der Waals surface area contributed by atoms with Crippen LogP contribution in [0.2, 0.25) is 0 Å². The van der Waals surface area contributed by atoms with Crippen LogP contribution >= 0.6 is 27.3 Å². The number of rotatable bonds is 2. The van der Waals surface area contributed by atoms with E-state index in [1.165, 1.54) is 21.6 Å². The molecule has 3 heteroatoms. The highest BCUT2D eigenvalue weighted by Gasteiger charge is 2.11. The summed E-state index contributed by atoms with van der Waals surface area (Å²) in [5.74, 6) is 0. The summed E-state index contributed by atoms with van der Waals surface area (Å²) in [6.45, 7) is 4.24. The van der Waals surface area contributed by atoms with Crippen molar-refractivity contribution in [2.75, 3.05) is 0 Å². The Morgan fingerprint density at radius 2 is 1.94 bits per heavy atom. The van der Waals surface area contributed by atoms with Gasteiger partial charge >= 0.3 is 0 Å². The molecule has 2 rings (SSSR count). The number of hydrogen-bond acceptors (Lipinski definition) is 2. The van der Waals surface area contributed by atoms with Crippen molar-refractivity contribution >= 4 is 27.3 Å². The van der Waals surface area contributed by atoms with E-state index < -0.39 is 0 Å². The van der Waals surface area contributed by atoms with Gasteiger partial charge in [-0.1, -0.05) is 18.2 Å². The number of benzene rings is 1. The zero-order chi connectivity index (χ0) is 11.7. The molecule has 0 saturated heterocycles. The van der Waals surface area contributed by atoms with Crippen LogP contribution in [0.15, 0.2) is 34.1 Å². The van der Waals surface area contributed by atoms with Crippen molar-refractivity contribution in [1.82, 2.24) is 0 Å². The van der Waals surface area contributed by atoms with Crippen LogP contribution in [0.5, 0.6) is 0 Å². The number of aryl methyl sites for hydroxylation is 2. The van der Waals surface area contributed by atoms with Crippen molar-refractivity contribution in [3.05, 3.63) is 55.7 Å². The topological polar surface area (TPSA) is 26.0 Å². The van der Waals surface area contributed by atoms with E-state index in [0.29, 0.717) is 0 Å². The molecule has 0 fully saturated rings. The lowest BCUT2D eigenvalue weighted by atomic mass is 10.0. The number of nitrogens with two attached hydrogens (primary N) is 1. The van der Waals surface area contributed by atoms with Crippen LogP contribution in [0.25, 0.3) is 0 Å². The van der Waals surface area contributed by atoms with Gasteiger partial charge < -0.3 is 5.73 Å². The molecule has 1 unspecified atom stereocenters. The molecule has 0 bridgehead atoms. The maximum Gasteiger partial charge on any atom is 0.0646 e. The summed E-state index contributed by atoms with van der Waals surface area (Å²) < 4.78 is 1.10. The fraction of sp³-hybridized carbons (Fsp3) is 0.231. The van der Waals surface area contributed by atoms with Crippen molar-refractivity contribution in [3.8, 4) is 0 Å². The summed E-state index contributed by atoms with van der Waals surface area (Å²) in [6, 6.07) is 8.49. The van der Waals surface area contributed by atoms with Gasteiger partial charge in [-0.05, 0) is 52.5 Å². The lowest BCUT2D eigenvalue weighted by Gasteiger charge is -2.11. The summed E-state index contributed by atoms with van der Waals surface area (Å²) in [7, 11) is 0. The second kappa shape index (κ2) is 4.70. The van der Waals surface area contributed by atoms with Gasteiger partial charge in [-0.2, -0.15) is 0 Å². The number of halogens is 1. The molecule has 1 heterocycles. The van der Waals surface area contributed by atoms with Gasteiger partial charge in [0, 0.05) is 14.7 Å². The van der Waals surface area contributed by atoms with Crippen molar-refractivity contribution in [2.45, 2.75) is 19.9 Å². The third-order valence-electron chi connectivity index (χ3n) is 2.78. The molecule has 1 aromatic heterocycles. The quantitative estimate of drug-likeness (QED) is 0.884. The second-order valence-electron chi connectivity index (χ2n) is 3.99. The van der Waals surface area contributed by atoms with Crippen LogP contribution < -0.4 is 5.73 Å². The Balaban J connectivity index is 2.33. The Labute approximate surface area is 108 Å². The molecule has 1 nitrogen and oxygen atoms in total. The van der Waals surface area contributed by atoms with Crippen LogP contribution in [-0.2, 0) is 0 Å². The smallest absolute Gasteiger partial charge is 0.0646 e. The minimum absolute atomic E-state index is 0.0180. The molecule has 2 aromatic rings. The highest BCUT2D eigenvalue weighted by Crippen LogP contribution is 2.29. The zero-order valence-corrected chi connectivity index (χ0v) is 11.7. The molecule has 0 aliphatic heterocycles. The summed E-state index contributed by atoms with van der Waals surface area (Å²) >= 11 is 5.14. The minimum atomic E-state index is -0.0180. The van der Waals surface area contributed by atoms with Crippen LogP contribution in [0.4, 0.5) is 0 Å². The van der Waals surface area contributed by atoms with Gasteiger partial charge in [-0.25, -0.2) is 0 Å². The van der Waals surface area contributed by atoms with Gasteiger partial charge in [-0.3, -0.25) is 0 Å². The Bertz CT molecular complexity index is 504. The van der Waals surface area contributed by atoms with Crippen molar-refractivity contribution in [3.63, 3.8) is 0 Å². The monoisotopic (exact) mass is 295 g/mol. The van der Waals surface area contributed by atoms with Crippen LogP contribution in [-0.4, -0.2) is 0 Å². The lowest BCUT2D eigenvalue weighted by Crippen LogP contribution is -2.10. The third-order valence-corrected chi connectivity index (χ3v) is 4.56. The lowest BCUT2D eigenvalue weighted by molar-refractivity contribution is 0.890. The summed E-state index contributed by atoms with van der Waals surface area (Å²) in [5.41, 5.74) is 10.0. The molecule has 0 amide bonds. The van der Waals surface area contributed by atoms with E-state index in [1.807, 2.05) is 0 Å². The standard InChI is InChI=1S/C13H14BrNS/c1-8-3-4-10(5-9(8)2)13(15)12-6-11(14)7-16-12/h3-7,13H,15H2,1-2H3. The first kappa shape index (κ1) is 11.8. The summed E-state index contributed by atoms with van der Waals surface area (Å²) in [4.78, 5) is 1.19. The maximum atomic E-state index is 6.24. The highest BCUT2D eigenvalue weighted by atomic mass is 79.9. The van der Waals surface area contributed by atoms with Gasteiger partial charge in [0.15, 0.2) is 0 Å². The Hall–Kier alpha value is -0.640. The normalized spacial score (nSPS) is 12.8. The summed E-state index contributed by atoms with van der Waals surface area (Å²) in [6.07, 6.45) is 0. The Morgan fingerprint density at radius 3 is 2.50 bits per heavy atom. The Kier molecular flexibility index (Phi) is 3.47. The molecule has 16 heavy (non-hydrogen) atoms. The van der Waals surface area contributed by atoms with Crippen molar-refractivity contribution < 1.29 is 0 Å². The van der Waals surface area contributed by atoms with Gasteiger partial charge in [0.1, 0.15) is 0 Å². The van der Waals surface area contributed by atoms with E-state index in [-0.39, 0.29) is 6.04 Å². The molecule has 0 aliphatic rings. The van der Waals surface area contributed by atoms with E-state index in [2.05, 4.69) is 59.4 Å². The molecule has 0 spiro atoms. The molecule has 0 aliphatic carbocycles. The van der Waals surface area contributed by atoms with Crippen LogP contribution in [0, 0.1) is 13.8 Å². The highest BCUT2D eigenvalue weighted by molar-refractivity contribution is 9.10. The van der Waals surface area contributed by atoms with Gasteiger partial charge in [0.25, 0.3) is 0 Å². The first-order valence-electron chi connectivity index (χ1n) is 5.14. The summed E-state index contributed by atoms with van der Waals surface area (Å²) in [5, 5.41) is 2.07. The molecular formula is C13H14BrNS. The van der Waals surface area contributed by atoms with E-state index in [0.717, 1.165) is 4.47 Å². The Morgan fingerprint density at radius 1 is 1.19 bits per heavy atom. The largest absolute Gasteiger partial charge is 0.320 e. The van der Waals surface area contributed by atoms with E-state index >= 15 is 0 Å². The predicted octanol–water partition coefficient (Wildman–Crippen LogP) is 4.18. The predicted molar refractivity (Wildman–Crippen MR) is 74.0 cm³/mol. The zero-order valence-electron chi connectivity index (χ0n) is 9.33. The van der Waals surface area contributed by atoms with Crippen molar-refractivity contribution in [2.24, 2.45) is 5.73 Å². The van der Waals surface area contributed by atoms with Crippen LogP contribution in [0.3, 0.4) is 0 Å². The van der Waals surface area contributed by atoms with Gasteiger partial charge in [0.05, 0.1) is 6.04 Å². The third kappa shape index (κ3) is 2.37. The SMILES string of the molecule is Cc1ccc(C(N)c2cc(Br)cs2)cc1C. The van der Waals surface area contributed by atoms with Crippen molar-refractivity contribution in [1.29, 1.82) is 0 Å². The molecule has 84 valence electrons. The number of hydrogen-bond donors (Lipinski definition) is 1. The molecule has 2 N–H and O–H groups in total. The fourth-order valence-corrected chi connectivity index (χ4v) is 3.09. The van der Waals surface area contributed by atoms with E-state index in [1.54, 1.807) is 11.3 Å². The van der Waals surface area contributed by atoms with E-state index in [4.69, 9.17) is 5.73 Å². The van der Waals surface area contributed by atoms with Gasteiger partial charge in [0.2, 0.25) is 0 Å². The average Bonchev–Trinajstić information content (AvgIpc) is 2.68. The second-order valence-corrected chi connectivity index (χ2v) is 5.85. The number of thiophene rings is 1. The van der Waals surface area contributed by atoms with Crippen LogP contribution in [0.1, 0.15) is 27.6 Å². The molecular weight excluding hydrogens is 282 g/mol. The van der Waals surface area contributed by atoms with Gasteiger partial charge in [-0.15, -0.1) is 11.3 Å². The molecule has 0 saturated carbocycles. The van der Waals surface area contributed by atoms with E-state index in [9.17, 15) is 0 Å². The first-order chi connectivity index (χ1) is 7.58. The maximum absolute atomic E-state index is 6.24. The minimum Gasteiger partial charge on any atom is -0.320 e.